The number of hydrogen-bond acceptors (Lipinski definition) is 13. The highest BCUT2D eigenvalue weighted by atomic mass is 31.2. The van der Waals surface area contributed by atoms with Crippen LogP contribution in [0.4, 0.5) is 5.95 Å². The Bertz CT molecular complexity index is 2620. The Morgan fingerprint density at radius 1 is 0.875 bits per heavy atom. The number of aromatic amines is 1. The molecule has 17 nitrogen and oxygen atoms in total. The molecular formula is C46H50N8O9P+. The molecule has 64 heavy (non-hydrogen) atoms. The second-order valence-electron chi connectivity index (χ2n) is 15.7. The number of methoxy groups -OCH3 is 2. The van der Waals surface area contributed by atoms with Crippen LogP contribution in [0.1, 0.15) is 60.8 Å². The minimum Gasteiger partial charge on any atom is -0.497 e. The number of carbonyl (C=O) groups is 2. The molecule has 0 saturated carbocycles. The van der Waals surface area contributed by atoms with Gasteiger partial charge in [0.2, 0.25) is 12.1 Å². The number of nitrogens with zero attached hydrogens (tertiary/aromatic N) is 6. The SMILES string of the molecule is COc1ccc(C(OCC2C(n3cnc4c(=O)[nH]c(NC(=O)c5ccccc5)nc43)C(=O)N2OC(C#N)C[P+](O)(O)N(C(C)C)C(C)C)(c2ccccc2)c2ccc(OC)cc2)cc1. The molecule has 1 saturated heterocycles. The number of aromatic nitrogens is 4. The first kappa shape index (κ1) is 45.5. The molecule has 0 bridgehead atoms. The van der Waals surface area contributed by atoms with Crippen molar-refractivity contribution >= 4 is 36.8 Å². The third-order valence-electron chi connectivity index (χ3n) is 11.0. The largest absolute Gasteiger partial charge is 0.497 e. The first-order valence-electron chi connectivity index (χ1n) is 20.6. The number of rotatable bonds is 18. The van der Waals surface area contributed by atoms with Crippen LogP contribution in [0.15, 0.2) is 120 Å². The van der Waals surface area contributed by atoms with E-state index < -0.39 is 55.2 Å². The lowest BCUT2D eigenvalue weighted by molar-refractivity contribution is -0.258. The molecule has 1 fully saturated rings. The molecule has 332 valence electrons. The van der Waals surface area contributed by atoms with Crippen LogP contribution in [0.25, 0.3) is 11.2 Å². The van der Waals surface area contributed by atoms with Gasteiger partial charge in [0.1, 0.15) is 35.3 Å². The number of β-lactam (4-membered cyclic amide) rings is 1. The van der Waals surface area contributed by atoms with Gasteiger partial charge in [0.05, 0.1) is 27.2 Å². The molecular weight excluding hydrogens is 840 g/mol. The molecule has 3 atom stereocenters. The summed E-state index contributed by atoms with van der Waals surface area (Å²) < 4.78 is 21.2. The van der Waals surface area contributed by atoms with Crippen molar-refractivity contribution in [2.75, 3.05) is 32.3 Å². The quantitative estimate of drug-likeness (QED) is 0.0454. The van der Waals surface area contributed by atoms with E-state index in [1.807, 2.05) is 113 Å². The Morgan fingerprint density at radius 2 is 1.42 bits per heavy atom. The van der Waals surface area contributed by atoms with Gasteiger partial charge in [-0.15, -0.1) is 4.67 Å². The molecule has 2 amide bonds. The van der Waals surface area contributed by atoms with Crippen molar-refractivity contribution in [1.29, 1.82) is 5.26 Å². The number of amides is 2. The molecule has 0 aliphatic carbocycles. The van der Waals surface area contributed by atoms with Gasteiger partial charge in [-0.25, -0.2) is 24.7 Å². The van der Waals surface area contributed by atoms with Gasteiger partial charge in [-0.05, 0) is 80.8 Å². The van der Waals surface area contributed by atoms with Crippen molar-refractivity contribution in [3.05, 3.63) is 148 Å². The number of nitrogens with one attached hydrogen (secondary N) is 2. The van der Waals surface area contributed by atoms with Crippen molar-refractivity contribution in [2.45, 2.75) is 63.6 Å². The lowest BCUT2D eigenvalue weighted by atomic mass is 9.79. The highest BCUT2D eigenvalue weighted by Gasteiger charge is 2.55. The Labute approximate surface area is 370 Å². The van der Waals surface area contributed by atoms with Gasteiger partial charge in [-0.2, -0.15) is 10.2 Å². The van der Waals surface area contributed by atoms with Gasteiger partial charge < -0.3 is 14.2 Å². The molecule has 0 radical (unpaired) electrons. The molecule has 1 aliphatic heterocycles. The van der Waals surface area contributed by atoms with E-state index in [-0.39, 0.29) is 35.8 Å². The number of benzene rings is 4. The number of imidazole rings is 1. The standard InChI is InChI=1S/C46H49N8O9P/c1-29(2)54(30(3)4)64(58,59)27-37(25-47)63-53-38(40(44(53)57)52-28-48-39-41(52)49-45(51-43(39)56)50-42(55)31-13-9-7-10-14-31)26-62-46(32-15-11-8-12-16-32,33-17-21-35(60-5)22-18-33)34-19-23-36(61-6)24-20-34/h7-24,28-30,37-38,40,58-59H,26-27H2,1-6H3,(H-,49,50,51,55,56)/p+1. The summed E-state index contributed by atoms with van der Waals surface area (Å²) in [5, 5.41) is 14.0. The van der Waals surface area contributed by atoms with Crippen LogP contribution in [0.3, 0.4) is 0 Å². The summed E-state index contributed by atoms with van der Waals surface area (Å²) in [7, 11) is -0.796. The topological polar surface area (TPSA) is 217 Å². The third-order valence-corrected chi connectivity index (χ3v) is 13.5. The molecule has 3 unspecified atom stereocenters. The van der Waals surface area contributed by atoms with Crippen LogP contribution in [-0.4, -0.2) is 102 Å². The highest BCUT2D eigenvalue weighted by Crippen LogP contribution is 2.57. The fourth-order valence-electron chi connectivity index (χ4n) is 8.23. The van der Waals surface area contributed by atoms with E-state index in [0.29, 0.717) is 28.2 Å². The summed E-state index contributed by atoms with van der Waals surface area (Å²) in [6.45, 7) is 7.01. The number of carbonyl (C=O) groups excluding carboxylic acids is 2. The predicted octanol–water partition coefficient (Wildman–Crippen LogP) is 5.84. The van der Waals surface area contributed by atoms with Crippen LogP contribution in [0.2, 0.25) is 0 Å². The fraction of sp³-hybridized carbons (Fsp3) is 0.304. The van der Waals surface area contributed by atoms with E-state index in [1.165, 1.54) is 15.6 Å². The van der Waals surface area contributed by atoms with Gasteiger partial charge in [-0.1, -0.05) is 72.8 Å². The van der Waals surface area contributed by atoms with E-state index in [4.69, 9.17) is 19.0 Å². The summed E-state index contributed by atoms with van der Waals surface area (Å²) in [6, 6.07) is 31.9. The highest BCUT2D eigenvalue weighted by molar-refractivity contribution is 7.62. The zero-order chi connectivity index (χ0) is 45.8. The van der Waals surface area contributed by atoms with Crippen LogP contribution < -0.4 is 20.3 Å². The van der Waals surface area contributed by atoms with Crippen molar-refractivity contribution < 1.29 is 38.4 Å². The molecule has 6 aromatic rings. The Hall–Kier alpha value is -6.51. The number of nitriles is 1. The molecule has 4 N–H and O–H groups in total. The van der Waals surface area contributed by atoms with E-state index in [0.717, 1.165) is 10.6 Å². The molecule has 4 aromatic carbocycles. The minimum atomic E-state index is -3.94. The van der Waals surface area contributed by atoms with E-state index in [1.54, 1.807) is 44.6 Å². The molecule has 2 aromatic heterocycles. The number of anilines is 1. The molecule has 0 spiro atoms. The fourth-order valence-corrected chi connectivity index (χ4v) is 10.5. The summed E-state index contributed by atoms with van der Waals surface area (Å²) in [5.41, 5.74) is 0.307. The van der Waals surface area contributed by atoms with Gasteiger partial charge in [0, 0.05) is 17.6 Å². The summed E-state index contributed by atoms with van der Waals surface area (Å²) in [5.74, 6) is -0.147. The smallest absolute Gasteiger partial charge is 0.346 e. The Morgan fingerprint density at radius 3 is 1.95 bits per heavy atom. The van der Waals surface area contributed by atoms with Crippen molar-refractivity contribution in [2.24, 2.45) is 0 Å². The number of H-pyrrole nitrogens is 1. The molecule has 1 aliphatic rings. The number of ether oxygens (including phenoxy) is 3. The zero-order valence-electron chi connectivity index (χ0n) is 36.2. The number of hydroxylamine groups is 2. The van der Waals surface area contributed by atoms with E-state index >= 15 is 0 Å². The summed E-state index contributed by atoms with van der Waals surface area (Å²) in [6.07, 6.45) is -0.690. The number of hydrogen-bond donors (Lipinski definition) is 4. The maximum Gasteiger partial charge on any atom is 0.346 e. The second kappa shape index (κ2) is 19.1. The monoisotopic (exact) mass is 889 g/mol. The first-order valence-corrected chi connectivity index (χ1v) is 22.4. The summed E-state index contributed by atoms with van der Waals surface area (Å²) in [4.78, 5) is 81.5. The lowest BCUT2D eigenvalue weighted by Crippen LogP contribution is -2.64. The van der Waals surface area contributed by atoms with E-state index in [9.17, 15) is 29.4 Å². The molecule has 3 heterocycles. The van der Waals surface area contributed by atoms with Crippen molar-refractivity contribution in [3.8, 4) is 17.6 Å². The van der Waals surface area contributed by atoms with Gasteiger partial charge in [0.15, 0.2) is 17.3 Å². The normalized spacial score (nSPS) is 15.9. The van der Waals surface area contributed by atoms with Gasteiger partial charge in [-0.3, -0.25) is 29.3 Å². The second-order valence-corrected chi connectivity index (χ2v) is 17.9. The predicted molar refractivity (Wildman–Crippen MR) is 239 cm³/mol. The maximum atomic E-state index is 14.5. The number of fused-ring (bicyclic) bond motifs is 1. The third kappa shape index (κ3) is 8.97. The lowest BCUT2D eigenvalue weighted by Gasteiger charge is -2.47. The van der Waals surface area contributed by atoms with Crippen molar-refractivity contribution in [1.82, 2.24) is 29.3 Å². The Balaban J connectivity index is 1.33. The van der Waals surface area contributed by atoms with Crippen LogP contribution in [-0.2, 0) is 20.0 Å². The molecule has 7 rings (SSSR count). The average Bonchev–Trinajstić information content (AvgIpc) is 3.71. The van der Waals surface area contributed by atoms with Gasteiger partial charge >= 0.3 is 7.87 Å². The average molecular weight is 890 g/mol. The first-order chi connectivity index (χ1) is 30.7. The van der Waals surface area contributed by atoms with E-state index in [2.05, 4.69) is 20.3 Å². The maximum absolute atomic E-state index is 14.5. The molecule has 18 heteroatoms. The Kier molecular flexibility index (Phi) is 13.6. The minimum absolute atomic E-state index is 0.0215. The van der Waals surface area contributed by atoms with Crippen LogP contribution in [0.5, 0.6) is 11.5 Å². The van der Waals surface area contributed by atoms with Crippen LogP contribution in [0, 0.1) is 11.3 Å². The summed E-state index contributed by atoms with van der Waals surface area (Å²) >= 11 is 0. The zero-order valence-corrected chi connectivity index (χ0v) is 37.0. The van der Waals surface area contributed by atoms with Crippen molar-refractivity contribution in [3.63, 3.8) is 0 Å². The van der Waals surface area contributed by atoms with Crippen LogP contribution >= 0.6 is 7.87 Å². The van der Waals surface area contributed by atoms with Gasteiger partial charge in [0.25, 0.3) is 17.4 Å².